The van der Waals surface area contributed by atoms with E-state index in [1.165, 1.54) is 6.20 Å². The zero-order valence-corrected chi connectivity index (χ0v) is 10.4. The quantitative estimate of drug-likeness (QED) is 0.918. The number of hydrogen-bond donors (Lipinski definition) is 1. The molecule has 0 spiro atoms. The number of carboxylic acid groups (broad SMARTS) is 1. The fraction of sp³-hybridized carbons (Fsp3) is 0.250. The summed E-state index contributed by atoms with van der Waals surface area (Å²) in [6, 6.07) is 1.01. The van der Waals surface area contributed by atoms with Gasteiger partial charge in [0.1, 0.15) is 11.4 Å². The summed E-state index contributed by atoms with van der Waals surface area (Å²) in [4.78, 5) is 14.6. The van der Waals surface area contributed by atoms with E-state index in [1.54, 1.807) is 10.9 Å². The van der Waals surface area contributed by atoms with Crippen LogP contribution in [0.1, 0.15) is 30.2 Å². The van der Waals surface area contributed by atoms with Gasteiger partial charge in [0.2, 0.25) is 5.88 Å². The van der Waals surface area contributed by atoms with Crippen LogP contribution in [0.25, 0.3) is 0 Å². The predicted octanol–water partition coefficient (Wildman–Crippen LogP) is 2.49. The van der Waals surface area contributed by atoms with Crippen LogP contribution in [0.4, 0.5) is 4.39 Å². The number of nitrogens with zero attached hydrogens (tertiary/aromatic N) is 3. The number of aromatic carboxylic acids is 1. The van der Waals surface area contributed by atoms with E-state index in [0.29, 0.717) is 5.75 Å². The third-order valence-electron chi connectivity index (χ3n) is 2.37. The molecule has 2 rings (SSSR count). The van der Waals surface area contributed by atoms with Crippen molar-refractivity contribution in [1.29, 1.82) is 0 Å². The molecule has 2 aromatic heterocycles. The Hall–Kier alpha value is -2.44. The van der Waals surface area contributed by atoms with Crippen LogP contribution in [0, 0.1) is 5.82 Å². The monoisotopic (exact) mass is 265 g/mol. The lowest BCUT2D eigenvalue weighted by molar-refractivity contribution is 0.0692. The van der Waals surface area contributed by atoms with Crippen molar-refractivity contribution in [3.05, 3.63) is 36.0 Å². The minimum absolute atomic E-state index is 0.150. The second-order valence-electron chi connectivity index (χ2n) is 4.16. The third-order valence-corrected chi connectivity index (χ3v) is 2.37. The zero-order valence-electron chi connectivity index (χ0n) is 10.4. The molecule has 0 radical (unpaired) electrons. The lowest BCUT2D eigenvalue weighted by Crippen LogP contribution is -2.03. The third kappa shape index (κ3) is 2.87. The minimum atomic E-state index is -1.31. The Balaban J connectivity index is 2.29. The van der Waals surface area contributed by atoms with E-state index in [4.69, 9.17) is 9.84 Å². The Kier molecular flexibility index (Phi) is 3.46. The van der Waals surface area contributed by atoms with Crippen molar-refractivity contribution in [2.75, 3.05) is 0 Å². The molecule has 0 saturated carbocycles. The highest BCUT2D eigenvalue weighted by Crippen LogP contribution is 2.24. The smallest absolute Gasteiger partial charge is 0.341 e. The standard InChI is InChI=1S/C12H12FN3O3/c1-7(2)16-6-9(5-15-16)19-11-10(12(17)18)3-8(13)4-14-11/h3-7H,1-2H3,(H,17,18). The first-order valence-electron chi connectivity index (χ1n) is 5.58. The first kappa shape index (κ1) is 13.0. The predicted molar refractivity (Wildman–Crippen MR) is 63.8 cm³/mol. The second kappa shape index (κ2) is 5.05. The van der Waals surface area contributed by atoms with Gasteiger partial charge in [-0.25, -0.2) is 14.2 Å². The fourth-order valence-electron chi connectivity index (χ4n) is 1.43. The summed E-state index contributed by atoms with van der Waals surface area (Å²) in [6.45, 7) is 3.88. The lowest BCUT2D eigenvalue weighted by atomic mass is 10.3. The van der Waals surface area contributed by atoms with Crippen LogP contribution in [-0.2, 0) is 0 Å². The molecule has 0 atom stereocenters. The molecule has 7 heteroatoms. The molecule has 2 aromatic rings. The summed E-state index contributed by atoms with van der Waals surface area (Å²) in [7, 11) is 0. The summed E-state index contributed by atoms with van der Waals surface area (Å²) in [5.74, 6) is -1.87. The van der Waals surface area contributed by atoms with Crippen molar-refractivity contribution in [2.24, 2.45) is 0 Å². The van der Waals surface area contributed by atoms with Crippen LogP contribution in [0.15, 0.2) is 24.7 Å². The van der Waals surface area contributed by atoms with Crippen molar-refractivity contribution in [3.63, 3.8) is 0 Å². The number of hydrogen-bond acceptors (Lipinski definition) is 4. The van der Waals surface area contributed by atoms with E-state index in [2.05, 4.69) is 10.1 Å². The van der Waals surface area contributed by atoms with E-state index in [-0.39, 0.29) is 17.5 Å². The van der Waals surface area contributed by atoms with Gasteiger partial charge < -0.3 is 9.84 Å². The van der Waals surface area contributed by atoms with Gasteiger partial charge in [-0.05, 0) is 19.9 Å². The number of ether oxygens (including phenoxy) is 1. The average Bonchev–Trinajstić information content (AvgIpc) is 2.80. The van der Waals surface area contributed by atoms with Gasteiger partial charge in [-0.3, -0.25) is 4.68 Å². The largest absolute Gasteiger partial charge is 0.477 e. The average molecular weight is 265 g/mol. The normalized spacial score (nSPS) is 10.7. The second-order valence-corrected chi connectivity index (χ2v) is 4.16. The van der Waals surface area contributed by atoms with Crippen LogP contribution >= 0.6 is 0 Å². The maximum atomic E-state index is 13.0. The Bertz CT molecular complexity index is 610. The van der Waals surface area contributed by atoms with Crippen LogP contribution < -0.4 is 4.74 Å². The minimum Gasteiger partial charge on any atom is -0.477 e. The molecule has 0 amide bonds. The van der Waals surface area contributed by atoms with Crippen molar-refractivity contribution in [2.45, 2.75) is 19.9 Å². The molecular formula is C12H12FN3O3. The van der Waals surface area contributed by atoms with E-state index in [9.17, 15) is 9.18 Å². The molecule has 6 nitrogen and oxygen atoms in total. The van der Waals surface area contributed by atoms with E-state index in [1.807, 2.05) is 13.8 Å². The Morgan fingerprint density at radius 3 is 2.79 bits per heavy atom. The van der Waals surface area contributed by atoms with Crippen molar-refractivity contribution >= 4 is 5.97 Å². The molecule has 0 aromatic carbocycles. The van der Waals surface area contributed by atoms with Crippen LogP contribution in [0.3, 0.4) is 0 Å². The Morgan fingerprint density at radius 2 is 2.21 bits per heavy atom. The molecule has 100 valence electrons. The van der Waals surface area contributed by atoms with Gasteiger partial charge in [0.25, 0.3) is 0 Å². The van der Waals surface area contributed by atoms with Crippen molar-refractivity contribution < 1.29 is 19.0 Å². The maximum Gasteiger partial charge on any atom is 0.341 e. The van der Waals surface area contributed by atoms with Gasteiger partial charge in [-0.15, -0.1) is 0 Å². The summed E-state index contributed by atoms with van der Waals surface area (Å²) in [6.07, 6.45) is 3.95. The molecule has 2 heterocycles. The topological polar surface area (TPSA) is 77.2 Å². The molecular weight excluding hydrogens is 253 g/mol. The van der Waals surface area contributed by atoms with Gasteiger partial charge in [0.05, 0.1) is 18.6 Å². The number of rotatable bonds is 4. The van der Waals surface area contributed by atoms with Gasteiger partial charge in [-0.2, -0.15) is 5.10 Å². The van der Waals surface area contributed by atoms with Crippen LogP contribution in [0.2, 0.25) is 0 Å². The summed E-state index contributed by atoms with van der Waals surface area (Å²) < 4.78 is 19.9. The number of carbonyl (C=O) groups is 1. The van der Waals surface area contributed by atoms with Gasteiger partial charge in [-0.1, -0.05) is 0 Å². The number of pyridine rings is 1. The number of aromatic nitrogens is 3. The molecule has 0 aliphatic heterocycles. The maximum absolute atomic E-state index is 13.0. The molecule has 0 aliphatic rings. The first-order valence-corrected chi connectivity index (χ1v) is 5.58. The molecule has 19 heavy (non-hydrogen) atoms. The van der Waals surface area contributed by atoms with E-state index >= 15 is 0 Å². The summed E-state index contributed by atoms with van der Waals surface area (Å²) >= 11 is 0. The van der Waals surface area contributed by atoms with Gasteiger partial charge >= 0.3 is 5.97 Å². The molecule has 0 bridgehead atoms. The van der Waals surface area contributed by atoms with Crippen molar-refractivity contribution in [1.82, 2.24) is 14.8 Å². The molecule has 0 fully saturated rings. The SMILES string of the molecule is CC(C)n1cc(Oc2ncc(F)cc2C(=O)O)cn1. The molecule has 0 unspecified atom stereocenters. The van der Waals surface area contributed by atoms with Gasteiger partial charge in [0, 0.05) is 6.04 Å². The number of halogens is 1. The fourth-order valence-corrected chi connectivity index (χ4v) is 1.43. The first-order chi connectivity index (χ1) is 8.97. The lowest BCUT2D eigenvalue weighted by Gasteiger charge is -2.06. The highest BCUT2D eigenvalue weighted by molar-refractivity contribution is 5.90. The van der Waals surface area contributed by atoms with E-state index in [0.717, 1.165) is 12.3 Å². The summed E-state index contributed by atoms with van der Waals surface area (Å²) in [5, 5.41) is 13.0. The Morgan fingerprint density at radius 1 is 1.47 bits per heavy atom. The zero-order chi connectivity index (χ0) is 14.0. The highest BCUT2D eigenvalue weighted by Gasteiger charge is 2.16. The molecule has 0 aliphatic carbocycles. The number of carboxylic acids is 1. The van der Waals surface area contributed by atoms with Crippen LogP contribution in [0.5, 0.6) is 11.6 Å². The summed E-state index contributed by atoms with van der Waals surface area (Å²) in [5.41, 5.74) is -0.336. The van der Waals surface area contributed by atoms with E-state index < -0.39 is 11.8 Å². The highest BCUT2D eigenvalue weighted by atomic mass is 19.1. The van der Waals surface area contributed by atoms with Crippen LogP contribution in [-0.4, -0.2) is 25.8 Å². The molecule has 0 saturated heterocycles. The Labute approximate surface area is 108 Å². The van der Waals surface area contributed by atoms with Crippen molar-refractivity contribution in [3.8, 4) is 11.6 Å². The molecule has 1 N–H and O–H groups in total. The van der Waals surface area contributed by atoms with Gasteiger partial charge in [0.15, 0.2) is 5.75 Å².